The van der Waals surface area contributed by atoms with Crippen LogP contribution in [-0.4, -0.2) is 51.1 Å². The number of carbonyl (C=O) groups is 2. The van der Waals surface area contributed by atoms with Gasteiger partial charge in [-0.15, -0.1) is 0 Å². The van der Waals surface area contributed by atoms with Crippen LogP contribution >= 0.6 is 0 Å². The quantitative estimate of drug-likeness (QED) is 0.351. The molecule has 178 valence electrons. The fourth-order valence-electron chi connectivity index (χ4n) is 4.61. The van der Waals surface area contributed by atoms with Gasteiger partial charge in [0.15, 0.2) is 0 Å². The molecular formula is C28H27N3O4. The molecule has 1 atom stereocenters. The van der Waals surface area contributed by atoms with Gasteiger partial charge in [0.1, 0.15) is 18.1 Å². The molecule has 1 unspecified atom stereocenters. The number of ether oxygens (including phenoxy) is 1. The first kappa shape index (κ1) is 22.5. The van der Waals surface area contributed by atoms with Crippen molar-refractivity contribution >= 4 is 34.5 Å². The fourth-order valence-corrected chi connectivity index (χ4v) is 4.61. The highest BCUT2D eigenvalue weighted by atomic mass is 16.5. The highest BCUT2D eigenvalue weighted by molar-refractivity contribution is 6.51. The van der Waals surface area contributed by atoms with Crippen LogP contribution in [-0.2, 0) is 9.59 Å². The number of Topliss-reactive ketones (excluding diaryl/α,β-unsaturated/α-hetero) is 1. The second-order valence-corrected chi connectivity index (χ2v) is 8.94. The fraction of sp³-hybridized carbons (Fsp3) is 0.214. The predicted octanol–water partition coefficient (Wildman–Crippen LogP) is 4.21. The lowest BCUT2D eigenvalue weighted by Crippen LogP contribution is -2.29. The van der Waals surface area contributed by atoms with E-state index in [-0.39, 0.29) is 11.3 Å². The Balaban J connectivity index is 1.68. The number of likely N-dealkylation sites (N-methyl/N-ethyl adjacent to an activating group) is 1. The molecule has 3 aromatic rings. The van der Waals surface area contributed by atoms with E-state index in [1.165, 1.54) is 4.90 Å². The zero-order chi connectivity index (χ0) is 24.7. The summed E-state index contributed by atoms with van der Waals surface area (Å²) < 4.78 is 5.72. The highest BCUT2D eigenvalue weighted by Gasteiger charge is 2.47. The summed E-state index contributed by atoms with van der Waals surface area (Å²) in [5, 5.41) is 11.4. The molecule has 0 aliphatic carbocycles. The maximum atomic E-state index is 13.4. The molecule has 1 N–H and O–H groups in total. The Morgan fingerprint density at radius 3 is 2.40 bits per heavy atom. The van der Waals surface area contributed by atoms with E-state index < -0.39 is 17.7 Å². The average molecular weight is 470 g/mol. The standard InChI is InChI=1S/C28H27N3O4/c1-29(2)20-12-9-18(10-13-20)25-24(27(33)28(34)31(25)21-7-5-4-6-8-21)26(32)19-11-14-23-22(17-19)30(3)15-16-35-23/h4-14,17,25,32H,15-16H2,1-3H3/b26-24-. The number of ketones is 1. The zero-order valence-electron chi connectivity index (χ0n) is 19.9. The number of aliphatic hydroxyl groups is 1. The van der Waals surface area contributed by atoms with Crippen molar-refractivity contribution in [1.82, 2.24) is 0 Å². The molecule has 2 heterocycles. The Bertz CT molecular complexity index is 1320. The van der Waals surface area contributed by atoms with Crippen LogP contribution in [0.5, 0.6) is 5.75 Å². The molecule has 35 heavy (non-hydrogen) atoms. The van der Waals surface area contributed by atoms with Gasteiger partial charge in [0.05, 0.1) is 23.8 Å². The number of rotatable bonds is 4. The van der Waals surface area contributed by atoms with E-state index in [1.54, 1.807) is 30.3 Å². The summed E-state index contributed by atoms with van der Waals surface area (Å²) in [6.45, 7) is 1.30. The van der Waals surface area contributed by atoms with Gasteiger partial charge >= 0.3 is 0 Å². The van der Waals surface area contributed by atoms with E-state index >= 15 is 0 Å². The van der Waals surface area contributed by atoms with Gasteiger partial charge in [0, 0.05) is 38.1 Å². The average Bonchev–Trinajstić information content (AvgIpc) is 3.14. The number of fused-ring (bicyclic) bond motifs is 1. The SMILES string of the molecule is CN(C)c1ccc(C2/C(=C(/O)c3ccc4c(c3)N(C)CCO4)C(=O)C(=O)N2c2ccccc2)cc1. The molecule has 1 saturated heterocycles. The monoisotopic (exact) mass is 469 g/mol. The van der Waals surface area contributed by atoms with Crippen LogP contribution in [0.15, 0.2) is 78.4 Å². The molecule has 1 fully saturated rings. The van der Waals surface area contributed by atoms with Gasteiger partial charge in [-0.25, -0.2) is 0 Å². The minimum atomic E-state index is -0.765. The normalized spacial score (nSPS) is 18.9. The number of aliphatic hydroxyl groups excluding tert-OH is 1. The first-order valence-electron chi connectivity index (χ1n) is 11.5. The smallest absolute Gasteiger partial charge is 0.300 e. The number of carbonyl (C=O) groups excluding carboxylic acids is 2. The number of amides is 1. The largest absolute Gasteiger partial charge is 0.507 e. The zero-order valence-corrected chi connectivity index (χ0v) is 19.9. The van der Waals surface area contributed by atoms with Crippen LogP contribution in [0.3, 0.4) is 0 Å². The Morgan fingerprint density at radius 1 is 1.00 bits per heavy atom. The molecule has 2 aliphatic rings. The summed E-state index contributed by atoms with van der Waals surface area (Å²) >= 11 is 0. The summed E-state index contributed by atoms with van der Waals surface area (Å²) in [4.78, 5) is 32.1. The van der Waals surface area contributed by atoms with Crippen molar-refractivity contribution in [1.29, 1.82) is 0 Å². The molecule has 3 aromatic carbocycles. The summed E-state index contributed by atoms with van der Waals surface area (Å²) in [6, 6.07) is 21.3. The summed E-state index contributed by atoms with van der Waals surface area (Å²) in [5.74, 6) is -0.866. The van der Waals surface area contributed by atoms with Crippen molar-refractivity contribution in [3.63, 3.8) is 0 Å². The second-order valence-electron chi connectivity index (χ2n) is 8.94. The van der Waals surface area contributed by atoms with Crippen LogP contribution in [0.2, 0.25) is 0 Å². The van der Waals surface area contributed by atoms with Crippen LogP contribution in [0, 0.1) is 0 Å². The topological polar surface area (TPSA) is 73.3 Å². The van der Waals surface area contributed by atoms with Gasteiger partial charge < -0.3 is 19.6 Å². The number of nitrogens with zero attached hydrogens (tertiary/aromatic N) is 3. The summed E-state index contributed by atoms with van der Waals surface area (Å²) in [6.07, 6.45) is 0. The molecule has 0 aromatic heterocycles. The molecule has 0 radical (unpaired) electrons. The highest BCUT2D eigenvalue weighted by Crippen LogP contribution is 2.43. The van der Waals surface area contributed by atoms with E-state index in [1.807, 2.05) is 73.4 Å². The minimum Gasteiger partial charge on any atom is -0.507 e. The Morgan fingerprint density at radius 2 is 1.71 bits per heavy atom. The third kappa shape index (κ3) is 3.89. The molecule has 0 spiro atoms. The number of benzene rings is 3. The van der Waals surface area contributed by atoms with E-state index in [2.05, 4.69) is 0 Å². The van der Waals surface area contributed by atoms with Gasteiger partial charge in [-0.3, -0.25) is 14.5 Å². The van der Waals surface area contributed by atoms with Crippen LogP contribution in [0.1, 0.15) is 17.2 Å². The predicted molar refractivity (Wildman–Crippen MR) is 137 cm³/mol. The molecule has 7 heteroatoms. The molecule has 5 rings (SSSR count). The van der Waals surface area contributed by atoms with Crippen molar-refractivity contribution in [3.8, 4) is 5.75 Å². The van der Waals surface area contributed by atoms with Gasteiger partial charge in [0.25, 0.3) is 11.7 Å². The third-order valence-corrected chi connectivity index (χ3v) is 6.53. The molecule has 1 amide bonds. The van der Waals surface area contributed by atoms with E-state index in [0.29, 0.717) is 24.4 Å². The number of hydrogen-bond acceptors (Lipinski definition) is 6. The molecule has 7 nitrogen and oxygen atoms in total. The summed E-state index contributed by atoms with van der Waals surface area (Å²) in [5.41, 5.74) is 3.66. The van der Waals surface area contributed by atoms with Crippen molar-refractivity contribution < 1.29 is 19.4 Å². The Kier molecular flexibility index (Phi) is 5.68. The first-order chi connectivity index (χ1) is 16.9. The van der Waals surface area contributed by atoms with Crippen molar-refractivity contribution in [2.24, 2.45) is 0 Å². The maximum Gasteiger partial charge on any atom is 0.300 e. The Hall–Kier alpha value is -4.26. The lowest BCUT2D eigenvalue weighted by Gasteiger charge is -2.28. The van der Waals surface area contributed by atoms with Crippen LogP contribution in [0.4, 0.5) is 17.1 Å². The van der Waals surface area contributed by atoms with Gasteiger partial charge in [-0.1, -0.05) is 30.3 Å². The number of para-hydroxylation sites is 1. The van der Waals surface area contributed by atoms with Gasteiger partial charge in [-0.2, -0.15) is 0 Å². The van der Waals surface area contributed by atoms with Crippen molar-refractivity contribution in [2.45, 2.75) is 6.04 Å². The van der Waals surface area contributed by atoms with E-state index in [9.17, 15) is 14.7 Å². The summed E-state index contributed by atoms with van der Waals surface area (Å²) in [7, 11) is 5.84. The van der Waals surface area contributed by atoms with Crippen LogP contribution in [0.25, 0.3) is 5.76 Å². The Labute approximate surface area is 204 Å². The van der Waals surface area contributed by atoms with Gasteiger partial charge in [0.2, 0.25) is 0 Å². The van der Waals surface area contributed by atoms with E-state index in [0.717, 1.165) is 22.7 Å². The molecule has 0 bridgehead atoms. The second kappa shape index (κ2) is 8.83. The minimum absolute atomic E-state index is 0.0655. The number of hydrogen-bond donors (Lipinski definition) is 1. The maximum absolute atomic E-state index is 13.4. The lowest BCUT2D eigenvalue weighted by molar-refractivity contribution is -0.132. The first-order valence-corrected chi connectivity index (χ1v) is 11.5. The van der Waals surface area contributed by atoms with E-state index in [4.69, 9.17) is 4.74 Å². The molecule has 0 saturated carbocycles. The molecular weight excluding hydrogens is 442 g/mol. The lowest BCUT2D eigenvalue weighted by atomic mass is 9.94. The van der Waals surface area contributed by atoms with Gasteiger partial charge in [-0.05, 0) is 48.0 Å². The molecule has 2 aliphatic heterocycles. The number of anilines is 3. The third-order valence-electron chi connectivity index (χ3n) is 6.53. The van der Waals surface area contributed by atoms with Crippen LogP contribution < -0.4 is 19.4 Å². The van der Waals surface area contributed by atoms with Crippen molar-refractivity contribution in [3.05, 3.63) is 89.5 Å². The van der Waals surface area contributed by atoms with Crippen molar-refractivity contribution in [2.75, 3.05) is 49.0 Å².